The molecule has 0 aliphatic heterocycles. The van der Waals surface area contributed by atoms with Crippen molar-refractivity contribution in [2.75, 3.05) is 21.8 Å². The Labute approximate surface area is 122 Å². The van der Waals surface area contributed by atoms with Crippen LogP contribution in [0.4, 0.5) is 11.4 Å². The summed E-state index contributed by atoms with van der Waals surface area (Å²) in [6.07, 6.45) is 0.847. The molecule has 102 valence electrons. The Morgan fingerprint density at radius 2 is 1.61 bits per heavy atom. The van der Waals surface area contributed by atoms with Gasteiger partial charge < -0.3 is 5.73 Å². The van der Waals surface area contributed by atoms with Crippen molar-refractivity contribution in [3.63, 3.8) is 0 Å². The third-order valence-corrected chi connectivity index (χ3v) is 6.41. The van der Waals surface area contributed by atoms with Crippen molar-refractivity contribution in [3.05, 3.63) is 21.1 Å². The van der Waals surface area contributed by atoms with E-state index in [1.807, 2.05) is 0 Å². The average molecular weight is 422 g/mol. The molecular weight excluding hydrogens is 412 g/mol. The maximum absolute atomic E-state index is 11.6. The van der Waals surface area contributed by atoms with Gasteiger partial charge >= 0.3 is 0 Å². The minimum Gasteiger partial charge on any atom is -0.399 e. The van der Waals surface area contributed by atoms with E-state index >= 15 is 0 Å². The lowest BCUT2D eigenvalue weighted by Gasteiger charge is -2.11. The van der Waals surface area contributed by atoms with Gasteiger partial charge in [0.05, 0.1) is 5.69 Å². The van der Waals surface area contributed by atoms with Gasteiger partial charge in [-0.2, -0.15) is 0 Å². The first-order valence-electron chi connectivity index (χ1n) is 4.43. The zero-order chi connectivity index (χ0) is 14.1. The third kappa shape index (κ3) is 4.75. The van der Waals surface area contributed by atoms with E-state index in [4.69, 9.17) is 5.73 Å². The smallest absolute Gasteiger partial charge is 0.247 e. The van der Waals surface area contributed by atoms with Gasteiger partial charge in [-0.05, 0) is 44.0 Å². The Kier molecular flexibility index (Phi) is 4.68. The molecule has 0 atom stereocenters. The second-order valence-corrected chi connectivity index (χ2v) is 9.56. The number of hydrogen-bond donors (Lipinski definition) is 2. The highest BCUT2D eigenvalue weighted by Crippen LogP contribution is 2.34. The molecule has 6 nitrogen and oxygen atoms in total. The highest BCUT2D eigenvalue weighted by molar-refractivity contribution is 9.11. The van der Waals surface area contributed by atoms with Crippen LogP contribution in [-0.2, 0) is 19.9 Å². The molecule has 18 heavy (non-hydrogen) atoms. The number of rotatable bonds is 4. The zero-order valence-corrected chi connectivity index (χ0v) is 13.9. The highest BCUT2D eigenvalue weighted by atomic mass is 79.9. The van der Waals surface area contributed by atoms with Crippen LogP contribution in [0.25, 0.3) is 0 Å². The van der Waals surface area contributed by atoms with Crippen molar-refractivity contribution in [2.45, 2.75) is 0 Å². The van der Waals surface area contributed by atoms with E-state index in [1.165, 1.54) is 12.1 Å². The Morgan fingerprint density at radius 3 is 2.00 bits per heavy atom. The molecule has 0 aliphatic rings. The fourth-order valence-corrected chi connectivity index (χ4v) is 5.86. The van der Waals surface area contributed by atoms with Gasteiger partial charge in [0, 0.05) is 20.9 Å². The molecule has 0 saturated carbocycles. The van der Waals surface area contributed by atoms with E-state index in [9.17, 15) is 16.8 Å². The predicted molar refractivity (Wildman–Crippen MR) is 78.5 cm³/mol. The van der Waals surface area contributed by atoms with Gasteiger partial charge in [-0.15, -0.1) is 0 Å². The number of sulfone groups is 1. The van der Waals surface area contributed by atoms with Crippen molar-refractivity contribution in [3.8, 4) is 0 Å². The van der Waals surface area contributed by atoms with Gasteiger partial charge in [-0.1, -0.05) is 0 Å². The third-order valence-electron chi connectivity index (χ3n) is 1.69. The van der Waals surface area contributed by atoms with Crippen molar-refractivity contribution in [1.82, 2.24) is 0 Å². The number of anilines is 2. The van der Waals surface area contributed by atoms with Gasteiger partial charge in [0.2, 0.25) is 10.0 Å². The number of benzene rings is 1. The summed E-state index contributed by atoms with van der Waals surface area (Å²) in [4.78, 5) is 0. The molecule has 10 heteroatoms. The standard InChI is InChI=1S/C8H10Br2N2O4S2/c1-17(13,14)4-18(15,16)12-8-6(9)2-5(11)3-7(8)10/h2-3,12H,4,11H2,1H3. The highest BCUT2D eigenvalue weighted by Gasteiger charge is 2.20. The van der Waals surface area contributed by atoms with Crippen LogP contribution < -0.4 is 10.5 Å². The van der Waals surface area contributed by atoms with Gasteiger partial charge in [0.1, 0.15) is 0 Å². The molecule has 0 amide bonds. The molecule has 0 radical (unpaired) electrons. The van der Waals surface area contributed by atoms with Crippen LogP contribution in [0.5, 0.6) is 0 Å². The summed E-state index contributed by atoms with van der Waals surface area (Å²) in [7, 11) is -7.63. The van der Waals surface area contributed by atoms with Crippen LogP contribution in [0.2, 0.25) is 0 Å². The van der Waals surface area contributed by atoms with Gasteiger partial charge in [-0.3, -0.25) is 4.72 Å². The first kappa shape index (κ1) is 15.7. The fraction of sp³-hybridized carbons (Fsp3) is 0.250. The minimum absolute atomic E-state index is 0.202. The summed E-state index contributed by atoms with van der Waals surface area (Å²) in [6, 6.07) is 3.01. The Morgan fingerprint density at radius 1 is 1.17 bits per heavy atom. The summed E-state index contributed by atoms with van der Waals surface area (Å²) in [5, 5.41) is -0.983. The Hall–Kier alpha value is -0.320. The number of nitrogen functional groups attached to an aromatic ring is 1. The second kappa shape index (κ2) is 5.35. The summed E-state index contributed by atoms with van der Waals surface area (Å²) < 4.78 is 48.3. The summed E-state index contributed by atoms with van der Waals surface area (Å²) in [5.74, 6) is 0. The molecular formula is C8H10Br2N2O4S2. The molecule has 0 heterocycles. The van der Waals surface area contributed by atoms with Crippen LogP contribution in [0.1, 0.15) is 0 Å². The molecule has 0 bridgehead atoms. The Bertz CT molecular complexity index is 647. The van der Waals surface area contributed by atoms with E-state index in [-0.39, 0.29) is 5.69 Å². The monoisotopic (exact) mass is 420 g/mol. The molecule has 0 spiro atoms. The van der Waals surface area contributed by atoms with Crippen molar-refractivity contribution >= 4 is 63.1 Å². The van der Waals surface area contributed by atoms with Gasteiger partial charge in [0.25, 0.3) is 0 Å². The molecule has 0 aliphatic carbocycles. The van der Waals surface area contributed by atoms with E-state index in [0.29, 0.717) is 14.6 Å². The molecule has 0 unspecified atom stereocenters. The first-order chi connectivity index (χ1) is 8.00. The SMILES string of the molecule is CS(=O)(=O)CS(=O)(=O)Nc1c(Br)cc(N)cc1Br. The minimum atomic E-state index is -3.99. The fourth-order valence-electron chi connectivity index (χ4n) is 1.16. The second-order valence-electron chi connectivity index (χ2n) is 3.62. The Balaban J connectivity index is 3.13. The van der Waals surface area contributed by atoms with Crippen LogP contribution in [0.15, 0.2) is 21.1 Å². The lowest BCUT2D eigenvalue weighted by molar-refractivity contribution is 0.595. The van der Waals surface area contributed by atoms with Crippen molar-refractivity contribution in [1.29, 1.82) is 0 Å². The van der Waals surface area contributed by atoms with Crippen LogP contribution in [0, 0.1) is 0 Å². The largest absolute Gasteiger partial charge is 0.399 e. The quantitative estimate of drug-likeness (QED) is 0.717. The molecule has 0 aromatic heterocycles. The van der Waals surface area contributed by atoms with E-state index in [0.717, 1.165) is 6.26 Å². The normalized spacial score (nSPS) is 12.4. The maximum atomic E-state index is 11.6. The summed E-state index contributed by atoms with van der Waals surface area (Å²) in [6.45, 7) is 0. The van der Waals surface area contributed by atoms with Crippen LogP contribution >= 0.6 is 31.9 Å². The van der Waals surface area contributed by atoms with Crippen molar-refractivity contribution in [2.24, 2.45) is 0 Å². The van der Waals surface area contributed by atoms with Gasteiger partial charge in [-0.25, -0.2) is 16.8 Å². The number of nitrogens with two attached hydrogens (primary N) is 1. The summed E-state index contributed by atoms with van der Waals surface area (Å²) in [5.41, 5.74) is 6.19. The molecule has 0 saturated heterocycles. The maximum Gasteiger partial charge on any atom is 0.247 e. The van der Waals surface area contributed by atoms with E-state index in [1.54, 1.807) is 0 Å². The topological polar surface area (TPSA) is 106 Å². The van der Waals surface area contributed by atoms with Crippen LogP contribution in [0.3, 0.4) is 0 Å². The molecule has 1 aromatic carbocycles. The van der Waals surface area contributed by atoms with Crippen LogP contribution in [-0.4, -0.2) is 28.2 Å². The number of halogens is 2. The molecule has 1 rings (SSSR count). The molecule has 1 aromatic rings. The number of hydrogen-bond acceptors (Lipinski definition) is 5. The van der Waals surface area contributed by atoms with Gasteiger partial charge in [0.15, 0.2) is 14.9 Å². The lowest BCUT2D eigenvalue weighted by Crippen LogP contribution is -2.22. The van der Waals surface area contributed by atoms with E-state index < -0.39 is 24.9 Å². The van der Waals surface area contributed by atoms with E-state index in [2.05, 4.69) is 36.6 Å². The van der Waals surface area contributed by atoms with Crippen molar-refractivity contribution < 1.29 is 16.8 Å². The number of nitrogens with one attached hydrogen (secondary N) is 1. The lowest BCUT2D eigenvalue weighted by atomic mass is 10.3. The molecule has 0 fully saturated rings. The molecule has 3 N–H and O–H groups in total. The summed E-state index contributed by atoms with van der Waals surface area (Å²) >= 11 is 6.29. The number of sulfonamides is 1. The zero-order valence-electron chi connectivity index (χ0n) is 9.14. The predicted octanol–water partition coefficient (Wildman–Crippen LogP) is 1.54. The average Bonchev–Trinajstić information content (AvgIpc) is 2.07. The first-order valence-corrected chi connectivity index (χ1v) is 9.73.